The third-order valence-electron chi connectivity index (χ3n) is 4.23. The van der Waals surface area contributed by atoms with Crippen LogP contribution in [0.3, 0.4) is 0 Å². The van der Waals surface area contributed by atoms with Gasteiger partial charge < -0.3 is 10.2 Å². The maximum absolute atomic E-state index is 12.5. The number of pyridine rings is 1. The van der Waals surface area contributed by atoms with Gasteiger partial charge in [0.1, 0.15) is 0 Å². The molecule has 0 saturated carbocycles. The van der Waals surface area contributed by atoms with Crippen molar-refractivity contribution >= 4 is 6.03 Å². The highest BCUT2D eigenvalue weighted by Crippen LogP contribution is 2.38. The van der Waals surface area contributed by atoms with Crippen molar-refractivity contribution in [3.8, 4) is 0 Å². The van der Waals surface area contributed by atoms with Crippen LogP contribution in [0.25, 0.3) is 0 Å². The first-order chi connectivity index (χ1) is 10.7. The smallest absolute Gasteiger partial charge is 0.318 e. The summed E-state index contributed by atoms with van der Waals surface area (Å²) in [6.45, 7) is 4.94. The quantitative estimate of drug-likeness (QED) is 0.941. The van der Waals surface area contributed by atoms with Gasteiger partial charge in [0.05, 0.1) is 17.8 Å². The minimum Gasteiger partial charge on any atom is -0.330 e. The highest BCUT2D eigenvalue weighted by Gasteiger charge is 2.40. The van der Waals surface area contributed by atoms with E-state index < -0.39 is 0 Å². The summed E-state index contributed by atoms with van der Waals surface area (Å²) in [4.78, 5) is 18.7. The van der Waals surface area contributed by atoms with Crippen LogP contribution in [0.2, 0.25) is 0 Å². The molecule has 4 nitrogen and oxygen atoms in total. The molecule has 1 aliphatic rings. The summed E-state index contributed by atoms with van der Waals surface area (Å²) in [5, 5.41) is 3.04. The van der Waals surface area contributed by atoms with E-state index in [0.717, 1.165) is 12.2 Å². The van der Waals surface area contributed by atoms with E-state index in [2.05, 4.69) is 29.4 Å². The summed E-state index contributed by atoms with van der Waals surface area (Å²) >= 11 is 0. The van der Waals surface area contributed by atoms with Gasteiger partial charge in [-0.3, -0.25) is 4.98 Å². The van der Waals surface area contributed by atoms with Crippen molar-refractivity contribution in [1.82, 2.24) is 15.2 Å². The van der Waals surface area contributed by atoms with E-state index in [1.54, 1.807) is 6.20 Å². The second-order valence-corrected chi connectivity index (χ2v) is 5.91. The summed E-state index contributed by atoms with van der Waals surface area (Å²) in [6.07, 6.45) is 1.75. The van der Waals surface area contributed by atoms with Crippen LogP contribution < -0.4 is 5.32 Å². The van der Waals surface area contributed by atoms with Gasteiger partial charge in [0.25, 0.3) is 0 Å². The first-order valence-corrected chi connectivity index (χ1v) is 7.70. The number of likely N-dealkylation sites (tertiary alicyclic amines) is 1. The normalized spacial score (nSPS) is 21.8. The molecule has 0 spiro atoms. The first kappa shape index (κ1) is 14.6. The standard InChI is InChI=1S/C18H21N3O/c1-13-12-21(17(13)15-8-4-3-5-9-15)18(22)20-14(2)16-10-6-7-11-19-16/h3-11,13-14,17H,12H2,1-2H3,(H,20,22)/t13-,14+,17+/m1/s1. The number of nitrogens with zero attached hydrogens (tertiary/aromatic N) is 2. The monoisotopic (exact) mass is 295 g/mol. The maximum Gasteiger partial charge on any atom is 0.318 e. The van der Waals surface area contributed by atoms with E-state index in [4.69, 9.17) is 0 Å². The van der Waals surface area contributed by atoms with E-state index in [1.807, 2.05) is 48.2 Å². The van der Waals surface area contributed by atoms with Crippen LogP contribution in [0.1, 0.15) is 37.2 Å². The second kappa shape index (κ2) is 6.18. The lowest BCUT2D eigenvalue weighted by atomic mass is 9.85. The zero-order valence-corrected chi connectivity index (χ0v) is 12.9. The minimum absolute atomic E-state index is 0.0230. The van der Waals surface area contributed by atoms with Crippen molar-refractivity contribution in [2.75, 3.05) is 6.54 Å². The number of rotatable bonds is 3. The lowest BCUT2D eigenvalue weighted by Gasteiger charge is -2.47. The predicted octanol–water partition coefficient (Wildman–Crippen LogP) is 3.55. The molecule has 1 fully saturated rings. The van der Waals surface area contributed by atoms with E-state index in [-0.39, 0.29) is 18.1 Å². The van der Waals surface area contributed by atoms with Crippen LogP contribution >= 0.6 is 0 Å². The van der Waals surface area contributed by atoms with E-state index in [1.165, 1.54) is 5.56 Å². The van der Waals surface area contributed by atoms with Crippen LogP contribution in [0, 0.1) is 5.92 Å². The number of carbonyl (C=O) groups excluding carboxylic acids is 1. The molecular formula is C18H21N3O. The molecule has 2 heterocycles. The molecule has 3 rings (SSSR count). The third-order valence-corrected chi connectivity index (χ3v) is 4.23. The lowest BCUT2D eigenvalue weighted by molar-refractivity contribution is 0.0578. The fraction of sp³-hybridized carbons (Fsp3) is 0.333. The third kappa shape index (κ3) is 2.82. The summed E-state index contributed by atoms with van der Waals surface area (Å²) in [5.41, 5.74) is 2.07. The fourth-order valence-corrected chi connectivity index (χ4v) is 3.03. The van der Waals surface area contributed by atoms with Crippen molar-refractivity contribution in [3.63, 3.8) is 0 Å². The molecule has 1 aliphatic heterocycles. The van der Waals surface area contributed by atoms with Crippen LogP contribution in [0.4, 0.5) is 4.79 Å². The van der Waals surface area contributed by atoms with Gasteiger partial charge in [0.15, 0.2) is 0 Å². The van der Waals surface area contributed by atoms with Crippen LogP contribution in [-0.2, 0) is 0 Å². The number of nitrogens with one attached hydrogen (secondary N) is 1. The van der Waals surface area contributed by atoms with Crippen molar-refractivity contribution < 1.29 is 4.79 Å². The minimum atomic E-state index is -0.0963. The number of aromatic nitrogens is 1. The Morgan fingerprint density at radius 2 is 1.95 bits per heavy atom. The zero-order chi connectivity index (χ0) is 15.5. The molecule has 0 bridgehead atoms. The van der Waals surface area contributed by atoms with Crippen LogP contribution in [0.15, 0.2) is 54.7 Å². The van der Waals surface area contributed by atoms with E-state index in [0.29, 0.717) is 5.92 Å². The van der Waals surface area contributed by atoms with Gasteiger partial charge in [-0.1, -0.05) is 43.3 Å². The molecule has 1 aromatic carbocycles. The number of benzene rings is 1. The average molecular weight is 295 g/mol. The molecule has 1 aromatic heterocycles. The van der Waals surface area contributed by atoms with Crippen molar-refractivity contribution in [2.45, 2.75) is 25.9 Å². The van der Waals surface area contributed by atoms with Crippen molar-refractivity contribution in [3.05, 3.63) is 66.0 Å². The number of amides is 2. The Kier molecular flexibility index (Phi) is 4.09. The molecule has 0 aliphatic carbocycles. The molecule has 2 amide bonds. The lowest BCUT2D eigenvalue weighted by Crippen LogP contribution is -2.55. The topological polar surface area (TPSA) is 45.2 Å². The summed E-state index contributed by atoms with van der Waals surface area (Å²) in [5.74, 6) is 0.485. The fourth-order valence-electron chi connectivity index (χ4n) is 3.03. The van der Waals surface area contributed by atoms with E-state index in [9.17, 15) is 4.79 Å². The SMILES string of the molecule is C[C@H](NC(=O)N1C[C@@H](C)[C@H]1c1ccccc1)c1ccccn1. The predicted molar refractivity (Wildman–Crippen MR) is 86.2 cm³/mol. The summed E-state index contributed by atoms with van der Waals surface area (Å²) < 4.78 is 0. The Labute approximate surface area is 131 Å². The van der Waals surface area contributed by atoms with Gasteiger partial charge in [0.2, 0.25) is 0 Å². The number of urea groups is 1. The van der Waals surface area contributed by atoms with Gasteiger partial charge in [0, 0.05) is 12.7 Å². The van der Waals surface area contributed by atoms with Gasteiger partial charge in [-0.2, -0.15) is 0 Å². The van der Waals surface area contributed by atoms with Gasteiger partial charge >= 0.3 is 6.03 Å². The second-order valence-electron chi connectivity index (χ2n) is 5.91. The molecule has 1 N–H and O–H groups in total. The number of carbonyl (C=O) groups is 1. The molecule has 4 heteroatoms. The average Bonchev–Trinajstić information content (AvgIpc) is 2.54. The van der Waals surface area contributed by atoms with Crippen molar-refractivity contribution in [1.29, 1.82) is 0 Å². The molecule has 3 atom stereocenters. The Bertz CT molecular complexity index is 629. The highest BCUT2D eigenvalue weighted by molar-refractivity contribution is 5.76. The Morgan fingerprint density at radius 1 is 1.23 bits per heavy atom. The Morgan fingerprint density at radius 3 is 2.59 bits per heavy atom. The molecule has 0 radical (unpaired) electrons. The Hall–Kier alpha value is -2.36. The van der Waals surface area contributed by atoms with Crippen LogP contribution in [-0.4, -0.2) is 22.5 Å². The van der Waals surface area contributed by atoms with Crippen LogP contribution in [0.5, 0.6) is 0 Å². The first-order valence-electron chi connectivity index (χ1n) is 7.70. The van der Waals surface area contributed by atoms with Gasteiger partial charge in [-0.05, 0) is 30.5 Å². The Balaban J connectivity index is 1.68. The largest absolute Gasteiger partial charge is 0.330 e. The summed E-state index contributed by atoms with van der Waals surface area (Å²) in [6, 6.07) is 16.0. The zero-order valence-electron chi connectivity index (χ0n) is 12.9. The molecule has 2 aromatic rings. The highest BCUT2D eigenvalue weighted by atomic mass is 16.2. The van der Waals surface area contributed by atoms with Crippen molar-refractivity contribution in [2.24, 2.45) is 5.92 Å². The summed E-state index contributed by atoms with van der Waals surface area (Å²) in [7, 11) is 0. The molecule has 0 unspecified atom stereocenters. The number of hydrogen-bond donors (Lipinski definition) is 1. The molecular weight excluding hydrogens is 274 g/mol. The molecule has 1 saturated heterocycles. The molecule has 114 valence electrons. The van der Waals surface area contributed by atoms with E-state index >= 15 is 0 Å². The van der Waals surface area contributed by atoms with Gasteiger partial charge in [-0.15, -0.1) is 0 Å². The molecule has 22 heavy (non-hydrogen) atoms. The number of hydrogen-bond acceptors (Lipinski definition) is 2. The van der Waals surface area contributed by atoms with Gasteiger partial charge in [-0.25, -0.2) is 4.79 Å². The maximum atomic E-state index is 12.5.